The number of hydrogen-bond donors (Lipinski definition) is 1. The molecule has 0 bridgehead atoms. The molecule has 0 saturated heterocycles. The fraction of sp³-hybridized carbons (Fsp3) is 0.385. The molecule has 2 aromatic heterocycles. The van der Waals surface area contributed by atoms with E-state index in [1.165, 1.54) is 0 Å². The fourth-order valence-electron chi connectivity index (χ4n) is 1.59. The summed E-state index contributed by atoms with van der Waals surface area (Å²) in [5, 5.41) is 7.89. The Balaban J connectivity index is 2.12. The van der Waals surface area contributed by atoms with Gasteiger partial charge in [-0.25, -0.2) is 9.97 Å². The molecule has 1 unspecified atom stereocenters. The minimum Gasteiger partial charge on any atom is -0.480 e. The monoisotopic (exact) mass is 259 g/mol. The molecule has 1 atom stereocenters. The van der Waals surface area contributed by atoms with Crippen molar-refractivity contribution in [3.05, 3.63) is 30.1 Å². The van der Waals surface area contributed by atoms with Crippen molar-refractivity contribution in [2.75, 3.05) is 7.11 Å². The molecular formula is C13H17N5O. The number of ether oxygens (including phenoxy) is 1. The van der Waals surface area contributed by atoms with E-state index in [0.717, 1.165) is 18.4 Å². The summed E-state index contributed by atoms with van der Waals surface area (Å²) in [6, 6.07) is 3.65. The van der Waals surface area contributed by atoms with Crippen LogP contribution in [0.2, 0.25) is 0 Å². The van der Waals surface area contributed by atoms with E-state index in [1.807, 2.05) is 0 Å². The zero-order valence-corrected chi connectivity index (χ0v) is 11.1. The second-order valence-corrected chi connectivity index (χ2v) is 4.25. The largest absolute Gasteiger partial charge is 0.480 e. The van der Waals surface area contributed by atoms with Crippen LogP contribution >= 0.6 is 0 Å². The molecule has 2 N–H and O–H groups in total. The third-order valence-corrected chi connectivity index (χ3v) is 2.81. The Labute approximate surface area is 112 Å². The predicted molar refractivity (Wildman–Crippen MR) is 71.6 cm³/mol. The van der Waals surface area contributed by atoms with Crippen molar-refractivity contribution in [1.29, 1.82) is 0 Å². The van der Waals surface area contributed by atoms with Gasteiger partial charge in [0.05, 0.1) is 7.11 Å². The predicted octanol–water partition coefficient (Wildman–Crippen LogP) is 1.22. The van der Waals surface area contributed by atoms with Gasteiger partial charge in [0.1, 0.15) is 5.69 Å². The Morgan fingerprint density at radius 2 is 1.95 bits per heavy atom. The molecular weight excluding hydrogens is 242 g/mol. The quantitative estimate of drug-likeness (QED) is 0.868. The molecule has 100 valence electrons. The van der Waals surface area contributed by atoms with Gasteiger partial charge in [0.25, 0.3) is 0 Å². The van der Waals surface area contributed by atoms with E-state index < -0.39 is 0 Å². The van der Waals surface area contributed by atoms with Gasteiger partial charge in [-0.05, 0) is 24.5 Å². The Kier molecular flexibility index (Phi) is 4.35. The van der Waals surface area contributed by atoms with E-state index >= 15 is 0 Å². The summed E-state index contributed by atoms with van der Waals surface area (Å²) in [6.45, 7) is 2.06. The second-order valence-electron chi connectivity index (χ2n) is 4.25. The Hall–Kier alpha value is -2.08. The zero-order chi connectivity index (χ0) is 13.7. The van der Waals surface area contributed by atoms with Crippen LogP contribution in [0.15, 0.2) is 24.5 Å². The lowest BCUT2D eigenvalue weighted by molar-refractivity contribution is 0.392. The lowest BCUT2D eigenvalue weighted by Gasteiger charge is -2.07. The van der Waals surface area contributed by atoms with Crippen molar-refractivity contribution < 1.29 is 4.74 Å². The van der Waals surface area contributed by atoms with Crippen LogP contribution in [0.4, 0.5) is 0 Å². The first-order valence-electron chi connectivity index (χ1n) is 6.17. The molecule has 0 spiro atoms. The summed E-state index contributed by atoms with van der Waals surface area (Å²) in [6.07, 6.45) is 5.28. The molecule has 0 radical (unpaired) electrons. The van der Waals surface area contributed by atoms with Crippen LogP contribution in [0.25, 0.3) is 11.5 Å². The Bertz CT molecular complexity index is 512. The maximum Gasteiger partial charge on any atom is 0.233 e. The average molecular weight is 259 g/mol. The average Bonchev–Trinajstić information content (AvgIpc) is 2.48. The van der Waals surface area contributed by atoms with Crippen LogP contribution in [-0.2, 0) is 6.42 Å². The normalized spacial score (nSPS) is 12.2. The number of hydrogen-bond acceptors (Lipinski definition) is 6. The SMILES string of the molecule is CCC(N)Cc1cnc(-c2ccc(OC)nn2)nc1. The molecule has 0 aliphatic carbocycles. The minimum atomic E-state index is 0.148. The second kappa shape index (κ2) is 6.19. The van der Waals surface area contributed by atoms with Crippen LogP contribution in [0.1, 0.15) is 18.9 Å². The maximum absolute atomic E-state index is 5.89. The van der Waals surface area contributed by atoms with E-state index in [-0.39, 0.29) is 6.04 Å². The van der Waals surface area contributed by atoms with Gasteiger partial charge in [-0.1, -0.05) is 6.92 Å². The van der Waals surface area contributed by atoms with Gasteiger partial charge in [0.2, 0.25) is 5.88 Å². The highest BCUT2D eigenvalue weighted by molar-refractivity contribution is 5.47. The van der Waals surface area contributed by atoms with Gasteiger partial charge >= 0.3 is 0 Å². The van der Waals surface area contributed by atoms with E-state index in [2.05, 4.69) is 27.1 Å². The van der Waals surface area contributed by atoms with Crippen molar-refractivity contribution >= 4 is 0 Å². The molecule has 6 nitrogen and oxygen atoms in total. The molecule has 2 heterocycles. The highest BCUT2D eigenvalue weighted by atomic mass is 16.5. The van der Waals surface area contributed by atoms with Crippen LogP contribution in [0.3, 0.4) is 0 Å². The molecule has 6 heteroatoms. The van der Waals surface area contributed by atoms with E-state index in [4.69, 9.17) is 10.5 Å². The standard InChI is InChI=1S/C13H17N5O/c1-3-10(14)6-9-7-15-13(16-8-9)11-4-5-12(19-2)18-17-11/h4-5,7-8,10H,3,6,14H2,1-2H3. The van der Waals surface area contributed by atoms with Crippen LogP contribution < -0.4 is 10.5 Å². The van der Waals surface area contributed by atoms with E-state index in [9.17, 15) is 0 Å². The number of aromatic nitrogens is 4. The van der Waals surface area contributed by atoms with Crippen molar-refractivity contribution in [2.45, 2.75) is 25.8 Å². The molecule has 2 rings (SSSR count). The van der Waals surface area contributed by atoms with Gasteiger partial charge in [-0.15, -0.1) is 10.2 Å². The van der Waals surface area contributed by atoms with Gasteiger partial charge in [0.15, 0.2) is 5.82 Å². The van der Waals surface area contributed by atoms with E-state index in [0.29, 0.717) is 17.4 Å². The maximum atomic E-state index is 5.89. The highest BCUT2D eigenvalue weighted by Gasteiger charge is 2.06. The van der Waals surface area contributed by atoms with Gasteiger partial charge in [-0.3, -0.25) is 0 Å². The Morgan fingerprint density at radius 1 is 1.21 bits per heavy atom. The van der Waals surface area contributed by atoms with Crippen LogP contribution in [0.5, 0.6) is 5.88 Å². The first-order valence-corrected chi connectivity index (χ1v) is 6.17. The van der Waals surface area contributed by atoms with Gasteiger partial charge < -0.3 is 10.5 Å². The Morgan fingerprint density at radius 3 is 2.47 bits per heavy atom. The zero-order valence-electron chi connectivity index (χ0n) is 11.1. The summed E-state index contributed by atoms with van der Waals surface area (Å²) in [7, 11) is 1.55. The summed E-state index contributed by atoms with van der Waals surface area (Å²) >= 11 is 0. The number of nitrogens with two attached hydrogens (primary N) is 1. The molecule has 0 aromatic carbocycles. The smallest absolute Gasteiger partial charge is 0.233 e. The number of rotatable bonds is 5. The third kappa shape index (κ3) is 3.45. The first-order chi connectivity index (χ1) is 9.22. The first kappa shape index (κ1) is 13.4. The van der Waals surface area contributed by atoms with Crippen LogP contribution in [0, 0.1) is 0 Å². The third-order valence-electron chi connectivity index (χ3n) is 2.81. The van der Waals surface area contributed by atoms with Crippen molar-refractivity contribution in [1.82, 2.24) is 20.2 Å². The van der Waals surface area contributed by atoms with Gasteiger partial charge in [0, 0.05) is 24.5 Å². The lowest BCUT2D eigenvalue weighted by Crippen LogP contribution is -2.21. The molecule has 2 aromatic rings. The summed E-state index contributed by atoms with van der Waals surface area (Å²) < 4.78 is 4.95. The molecule has 0 amide bonds. The summed E-state index contributed by atoms with van der Waals surface area (Å²) in [4.78, 5) is 8.56. The summed E-state index contributed by atoms with van der Waals surface area (Å²) in [5.74, 6) is 1.01. The molecule has 0 aliphatic heterocycles. The molecule has 0 saturated carbocycles. The number of methoxy groups -OCH3 is 1. The van der Waals surface area contributed by atoms with E-state index in [1.54, 1.807) is 31.6 Å². The van der Waals surface area contributed by atoms with Gasteiger partial charge in [-0.2, -0.15) is 0 Å². The van der Waals surface area contributed by atoms with Crippen molar-refractivity contribution in [3.8, 4) is 17.4 Å². The minimum absolute atomic E-state index is 0.148. The molecule has 0 aliphatic rings. The summed E-state index contributed by atoms with van der Waals surface area (Å²) in [5.41, 5.74) is 7.54. The number of nitrogens with zero attached hydrogens (tertiary/aromatic N) is 4. The van der Waals surface area contributed by atoms with Crippen molar-refractivity contribution in [2.24, 2.45) is 5.73 Å². The molecule has 0 fully saturated rings. The molecule has 19 heavy (non-hydrogen) atoms. The lowest BCUT2D eigenvalue weighted by atomic mass is 10.1. The van der Waals surface area contributed by atoms with Crippen LogP contribution in [-0.4, -0.2) is 33.3 Å². The van der Waals surface area contributed by atoms with Crippen molar-refractivity contribution in [3.63, 3.8) is 0 Å². The highest BCUT2D eigenvalue weighted by Crippen LogP contribution is 2.13. The fourth-order valence-corrected chi connectivity index (χ4v) is 1.59. The topological polar surface area (TPSA) is 86.8 Å².